The molecule has 0 radical (unpaired) electrons. The molecule has 0 aliphatic rings. The Hall–Kier alpha value is -2.74. The summed E-state index contributed by atoms with van der Waals surface area (Å²) in [5.41, 5.74) is 4.87. The molecule has 2 rings (SSSR count). The zero-order chi connectivity index (χ0) is 20.1. The number of halogens is 1. The van der Waals surface area contributed by atoms with E-state index in [-0.39, 0.29) is 5.82 Å². The van der Waals surface area contributed by atoms with Gasteiger partial charge in [-0.05, 0) is 60.6 Å². The molecule has 0 aromatic heterocycles. The first kappa shape index (κ1) is 22.3. The molecule has 2 heteroatoms. The summed E-state index contributed by atoms with van der Waals surface area (Å²) in [5.74, 6) is -0.187. The molecule has 0 saturated carbocycles. The summed E-state index contributed by atoms with van der Waals surface area (Å²) in [6.07, 6.45) is 9.03. The third-order valence-electron chi connectivity index (χ3n) is 4.03. The minimum Gasteiger partial charge on any atom is -0.270 e. The van der Waals surface area contributed by atoms with Crippen LogP contribution in [-0.4, -0.2) is 6.21 Å². The highest BCUT2D eigenvalue weighted by Crippen LogP contribution is 2.23. The average molecular weight is 364 g/mol. The van der Waals surface area contributed by atoms with Gasteiger partial charge >= 0.3 is 0 Å². The standard InChI is InChI=1S/C23H24FN.C2H6/c1-4-25-15-9-13-21(17-22-12-8-14-23(24)19(22)3)18(2)16-20-10-6-5-7-11-20;1-2/h4-12,14-15,17H,2,13,16H2,1,3H3;1-2H3/b15-9-,21-17-,25-4?;. The van der Waals surface area contributed by atoms with Gasteiger partial charge in [0.15, 0.2) is 0 Å². The normalized spacial score (nSPS) is 11.5. The number of allylic oxidation sites excluding steroid dienone is 3. The Kier molecular flexibility index (Phi) is 10.4. The van der Waals surface area contributed by atoms with Gasteiger partial charge in [0.05, 0.1) is 0 Å². The smallest absolute Gasteiger partial charge is 0.126 e. The molecule has 0 amide bonds. The lowest BCUT2D eigenvalue weighted by atomic mass is 9.94. The van der Waals surface area contributed by atoms with Crippen molar-refractivity contribution < 1.29 is 4.39 Å². The van der Waals surface area contributed by atoms with Crippen molar-refractivity contribution in [3.05, 3.63) is 101 Å². The van der Waals surface area contributed by atoms with Gasteiger partial charge in [-0.2, -0.15) is 0 Å². The van der Waals surface area contributed by atoms with Crippen molar-refractivity contribution in [1.29, 1.82) is 0 Å². The molecular weight excluding hydrogens is 333 g/mol. The van der Waals surface area contributed by atoms with Gasteiger partial charge in [0.2, 0.25) is 0 Å². The highest BCUT2D eigenvalue weighted by Gasteiger charge is 2.07. The van der Waals surface area contributed by atoms with Crippen molar-refractivity contribution in [1.82, 2.24) is 0 Å². The molecule has 0 N–H and O–H groups in total. The molecule has 27 heavy (non-hydrogen) atoms. The molecule has 0 aliphatic heterocycles. The van der Waals surface area contributed by atoms with Gasteiger partial charge in [-0.1, -0.05) is 75.0 Å². The fourth-order valence-corrected chi connectivity index (χ4v) is 2.56. The molecule has 0 unspecified atom stereocenters. The van der Waals surface area contributed by atoms with Gasteiger partial charge in [-0.25, -0.2) is 4.39 Å². The van der Waals surface area contributed by atoms with E-state index in [2.05, 4.69) is 23.7 Å². The second kappa shape index (κ2) is 12.6. The quantitative estimate of drug-likeness (QED) is 0.360. The van der Waals surface area contributed by atoms with Crippen molar-refractivity contribution in [2.24, 2.45) is 4.99 Å². The Morgan fingerprint density at radius 3 is 2.44 bits per heavy atom. The maximum absolute atomic E-state index is 13.8. The highest BCUT2D eigenvalue weighted by molar-refractivity contribution is 5.62. The predicted molar refractivity (Wildman–Crippen MR) is 118 cm³/mol. The maximum atomic E-state index is 13.8. The Bertz CT molecular complexity index is 798. The van der Waals surface area contributed by atoms with Crippen LogP contribution in [0.2, 0.25) is 0 Å². The Labute approximate surface area is 163 Å². The molecule has 0 spiro atoms. The van der Waals surface area contributed by atoms with E-state index in [9.17, 15) is 4.39 Å². The van der Waals surface area contributed by atoms with Gasteiger partial charge in [0.1, 0.15) is 5.82 Å². The van der Waals surface area contributed by atoms with Crippen molar-refractivity contribution >= 4 is 12.3 Å². The van der Waals surface area contributed by atoms with Crippen LogP contribution in [0.3, 0.4) is 0 Å². The van der Waals surface area contributed by atoms with Crippen molar-refractivity contribution in [3.63, 3.8) is 0 Å². The van der Waals surface area contributed by atoms with Crippen LogP contribution >= 0.6 is 0 Å². The lowest BCUT2D eigenvalue weighted by Crippen LogP contribution is -1.95. The summed E-state index contributed by atoms with van der Waals surface area (Å²) < 4.78 is 13.8. The van der Waals surface area contributed by atoms with E-state index in [0.717, 1.165) is 23.1 Å². The molecule has 0 saturated heterocycles. The largest absolute Gasteiger partial charge is 0.270 e. The maximum Gasteiger partial charge on any atom is 0.126 e. The summed E-state index contributed by atoms with van der Waals surface area (Å²) in [6.45, 7) is 11.9. The lowest BCUT2D eigenvalue weighted by molar-refractivity contribution is 0.618. The van der Waals surface area contributed by atoms with E-state index >= 15 is 0 Å². The van der Waals surface area contributed by atoms with E-state index in [1.54, 1.807) is 25.4 Å². The first-order chi connectivity index (χ1) is 13.1. The fraction of sp³-hybridized carbons (Fsp3) is 0.240. The van der Waals surface area contributed by atoms with Crippen LogP contribution in [0, 0.1) is 12.7 Å². The third kappa shape index (κ3) is 7.57. The van der Waals surface area contributed by atoms with Gasteiger partial charge in [-0.15, -0.1) is 0 Å². The van der Waals surface area contributed by atoms with Gasteiger partial charge in [0, 0.05) is 12.4 Å². The number of hydrogen-bond donors (Lipinski definition) is 0. The van der Waals surface area contributed by atoms with Crippen LogP contribution < -0.4 is 0 Å². The van der Waals surface area contributed by atoms with Crippen molar-refractivity contribution in [2.75, 3.05) is 0 Å². The van der Waals surface area contributed by atoms with E-state index < -0.39 is 0 Å². The van der Waals surface area contributed by atoms with E-state index in [4.69, 9.17) is 0 Å². The average Bonchev–Trinajstić information content (AvgIpc) is 2.70. The summed E-state index contributed by atoms with van der Waals surface area (Å²) in [6, 6.07) is 15.4. The van der Waals surface area contributed by atoms with E-state index in [1.807, 2.05) is 57.2 Å². The first-order valence-corrected chi connectivity index (χ1v) is 9.42. The molecule has 0 aliphatic carbocycles. The monoisotopic (exact) mass is 363 g/mol. The SMILES string of the molecule is C=C(Cc1ccccc1)/C(=C\c1cccc(F)c1C)C/C=C\N=CC.CC. The van der Waals surface area contributed by atoms with Gasteiger partial charge in [-0.3, -0.25) is 4.99 Å². The van der Waals surface area contributed by atoms with Crippen LogP contribution in [0.5, 0.6) is 0 Å². The van der Waals surface area contributed by atoms with E-state index in [0.29, 0.717) is 12.0 Å². The van der Waals surface area contributed by atoms with Gasteiger partial charge < -0.3 is 0 Å². The second-order valence-corrected chi connectivity index (χ2v) is 5.89. The van der Waals surface area contributed by atoms with Crippen molar-refractivity contribution in [3.8, 4) is 0 Å². The molecule has 1 nitrogen and oxygen atoms in total. The predicted octanol–water partition coefficient (Wildman–Crippen LogP) is 7.34. The van der Waals surface area contributed by atoms with Crippen molar-refractivity contribution in [2.45, 2.75) is 40.5 Å². The number of nitrogens with zero attached hydrogens (tertiary/aromatic N) is 1. The lowest BCUT2D eigenvalue weighted by Gasteiger charge is -2.11. The molecule has 0 bridgehead atoms. The summed E-state index contributed by atoms with van der Waals surface area (Å²) in [7, 11) is 0. The second-order valence-electron chi connectivity index (χ2n) is 5.89. The summed E-state index contributed by atoms with van der Waals surface area (Å²) >= 11 is 0. The molecule has 142 valence electrons. The molecule has 2 aromatic rings. The first-order valence-electron chi connectivity index (χ1n) is 9.42. The number of aliphatic imine (C=N–C) groups is 1. The zero-order valence-electron chi connectivity index (χ0n) is 16.9. The van der Waals surface area contributed by atoms with Crippen LogP contribution in [0.4, 0.5) is 4.39 Å². The Morgan fingerprint density at radius 2 is 1.78 bits per heavy atom. The number of benzene rings is 2. The summed E-state index contributed by atoms with van der Waals surface area (Å²) in [5, 5.41) is 0. The van der Waals surface area contributed by atoms with Crippen LogP contribution in [0.15, 0.2) is 83.5 Å². The zero-order valence-corrected chi connectivity index (χ0v) is 16.9. The third-order valence-corrected chi connectivity index (χ3v) is 4.03. The van der Waals surface area contributed by atoms with Crippen LogP contribution in [-0.2, 0) is 6.42 Å². The highest BCUT2D eigenvalue weighted by atomic mass is 19.1. The fourth-order valence-electron chi connectivity index (χ4n) is 2.56. The van der Waals surface area contributed by atoms with Crippen LogP contribution in [0.1, 0.15) is 43.9 Å². The minimum absolute atomic E-state index is 0.187. The molecule has 0 fully saturated rings. The minimum atomic E-state index is -0.187. The van der Waals surface area contributed by atoms with Gasteiger partial charge in [0.25, 0.3) is 0 Å². The number of rotatable bonds is 7. The molecule has 0 atom stereocenters. The van der Waals surface area contributed by atoms with E-state index in [1.165, 1.54) is 11.6 Å². The van der Waals surface area contributed by atoms with Crippen LogP contribution in [0.25, 0.3) is 6.08 Å². The molecule has 0 heterocycles. The molecular formula is C25H30FN. The summed E-state index contributed by atoms with van der Waals surface area (Å²) in [4.78, 5) is 4.10. The number of hydrogen-bond acceptors (Lipinski definition) is 1. The Balaban J connectivity index is 0.00000176. The topological polar surface area (TPSA) is 12.4 Å². The Morgan fingerprint density at radius 1 is 1.07 bits per heavy atom. The molecule has 2 aromatic carbocycles.